The van der Waals surface area contributed by atoms with Gasteiger partial charge < -0.3 is 5.32 Å². The molecule has 8 heteroatoms. The number of anilines is 1. The first-order chi connectivity index (χ1) is 9.55. The summed E-state index contributed by atoms with van der Waals surface area (Å²) in [5, 5.41) is 3.04. The molecule has 0 saturated carbocycles. The molecule has 0 spiro atoms. The molecule has 1 aliphatic rings. The summed E-state index contributed by atoms with van der Waals surface area (Å²) in [7, 11) is -4.47. The second-order valence-corrected chi connectivity index (χ2v) is 8.13. The van der Waals surface area contributed by atoms with Crippen LogP contribution in [0.4, 0.5) is 5.82 Å². The lowest BCUT2D eigenvalue weighted by Gasteiger charge is -2.26. The zero-order valence-electron chi connectivity index (χ0n) is 11.4. The maximum Gasteiger partial charge on any atom is 0.246 e. The number of hydrogen-bond donors (Lipinski definition) is 1. The van der Waals surface area contributed by atoms with Gasteiger partial charge in [-0.2, -0.15) is 4.31 Å². The van der Waals surface area contributed by atoms with Crippen LogP contribution in [0.2, 0.25) is 0 Å². The predicted octanol–water partition coefficient (Wildman–Crippen LogP) is 0.656. The van der Waals surface area contributed by atoms with E-state index >= 15 is 0 Å². The van der Waals surface area contributed by atoms with Crippen LogP contribution in [0.1, 0.15) is 13.3 Å². The minimum atomic E-state index is -3.57. The monoisotopic (exact) mass is 317 g/mol. The van der Waals surface area contributed by atoms with Gasteiger partial charge in [0, 0.05) is 48.1 Å². The van der Waals surface area contributed by atoms with E-state index in [0.717, 1.165) is 6.42 Å². The minimum absolute atomic E-state index is 0.195. The number of aromatic nitrogens is 1. The molecule has 0 unspecified atom stereocenters. The average molecular weight is 317 g/mol. The van der Waals surface area contributed by atoms with Crippen molar-refractivity contribution in [2.24, 2.45) is 0 Å². The molecule has 1 N–H and O–H groups in total. The van der Waals surface area contributed by atoms with Gasteiger partial charge in [-0.15, -0.1) is 0 Å². The van der Waals surface area contributed by atoms with Crippen LogP contribution in [-0.4, -0.2) is 53.1 Å². The van der Waals surface area contributed by atoms with E-state index < -0.39 is 20.8 Å². The molecule has 0 atom stereocenters. The second-order valence-electron chi connectivity index (χ2n) is 4.53. The Bertz CT molecular complexity index is 579. The fourth-order valence-corrected chi connectivity index (χ4v) is 4.82. The van der Waals surface area contributed by atoms with E-state index in [1.165, 1.54) is 4.31 Å². The first-order valence-corrected chi connectivity index (χ1v) is 9.52. The Balaban J connectivity index is 2.27. The molecule has 0 aromatic carbocycles. The van der Waals surface area contributed by atoms with E-state index in [0.29, 0.717) is 37.0 Å². The van der Waals surface area contributed by atoms with Gasteiger partial charge in [0.15, 0.2) is 0 Å². The van der Waals surface area contributed by atoms with E-state index in [-0.39, 0.29) is 4.90 Å². The van der Waals surface area contributed by atoms with Crippen LogP contribution in [0.25, 0.3) is 0 Å². The molecule has 20 heavy (non-hydrogen) atoms. The molecule has 2 heterocycles. The van der Waals surface area contributed by atoms with Crippen LogP contribution < -0.4 is 5.32 Å². The lowest BCUT2D eigenvalue weighted by Crippen LogP contribution is -2.41. The summed E-state index contributed by atoms with van der Waals surface area (Å²) in [6.45, 7) is 3.28. The largest absolute Gasteiger partial charge is 0.369 e. The number of nitrogens with one attached hydrogen (secondary N) is 1. The highest BCUT2D eigenvalue weighted by Gasteiger charge is 2.30. The summed E-state index contributed by atoms with van der Waals surface area (Å²) in [5.74, 6) is 1.19. The quantitative estimate of drug-likeness (QED) is 0.863. The van der Waals surface area contributed by atoms with Crippen LogP contribution in [-0.2, 0) is 20.8 Å². The van der Waals surface area contributed by atoms with Gasteiger partial charge in [0.05, 0.1) is 0 Å². The molecule has 0 aliphatic carbocycles. The van der Waals surface area contributed by atoms with E-state index in [1.807, 2.05) is 6.92 Å². The summed E-state index contributed by atoms with van der Waals surface area (Å²) < 4.78 is 38.0. The van der Waals surface area contributed by atoms with Crippen molar-refractivity contribution in [3.63, 3.8) is 0 Å². The molecule has 1 aromatic heterocycles. The molecule has 6 nitrogen and oxygen atoms in total. The highest BCUT2D eigenvalue weighted by atomic mass is 32.2. The van der Waals surface area contributed by atoms with Crippen LogP contribution in [0.5, 0.6) is 0 Å². The Hall–Kier alpha value is -0.990. The molecule has 2 rings (SSSR count). The van der Waals surface area contributed by atoms with Crippen molar-refractivity contribution >= 4 is 26.6 Å². The van der Waals surface area contributed by atoms with Gasteiger partial charge in [-0.05, 0) is 18.6 Å². The number of nitrogens with zero attached hydrogens (tertiary/aromatic N) is 2. The molecule has 112 valence electrons. The molecular formula is C12H19N3O3S2. The first kappa shape index (κ1) is 15.4. The van der Waals surface area contributed by atoms with Crippen molar-refractivity contribution in [1.29, 1.82) is 0 Å². The van der Waals surface area contributed by atoms with Crippen molar-refractivity contribution in [1.82, 2.24) is 9.29 Å². The van der Waals surface area contributed by atoms with E-state index in [4.69, 9.17) is 0 Å². The van der Waals surface area contributed by atoms with Gasteiger partial charge in [-0.25, -0.2) is 13.4 Å². The number of sulfonamides is 1. The minimum Gasteiger partial charge on any atom is -0.369 e. The maximum absolute atomic E-state index is 12.6. The van der Waals surface area contributed by atoms with Gasteiger partial charge in [-0.1, -0.05) is 6.92 Å². The third kappa shape index (κ3) is 3.36. The highest BCUT2D eigenvalue weighted by Crippen LogP contribution is 2.23. The lowest BCUT2D eigenvalue weighted by molar-refractivity contribution is 0.439. The van der Waals surface area contributed by atoms with Gasteiger partial charge in [-0.3, -0.25) is 4.21 Å². The highest BCUT2D eigenvalue weighted by molar-refractivity contribution is 7.89. The van der Waals surface area contributed by atoms with Crippen molar-refractivity contribution in [2.75, 3.05) is 36.5 Å². The number of rotatable bonds is 5. The Morgan fingerprint density at radius 3 is 2.75 bits per heavy atom. The second kappa shape index (κ2) is 6.64. The predicted molar refractivity (Wildman–Crippen MR) is 79.7 cm³/mol. The van der Waals surface area contributed by atoms with Crippen molar-refractivity contribution in [3.8, 4) is 0 Å². The molecule has 0 radical (unpaired) electrons. The normalized spacial score (nSPS) is 18.1. The lowest BCUT2D eigenvalue weighted by atomic mass is 10.4. The van der Waals surface area contributed by atoms with Crippen molar-refractivity contribution in [2.45, 2.75) is 18.2 Å². The molecule has 1 saturated heterocycles. The first-order valence-electron chi connectivity index (χ1n) is 6.59. The molecule has 1 aliphatic heterocycles. The summed E-state index contributed by atoms with van der Waals surface area (Å²) in [6.07, 6.45) is 2.46. The van der Waals surface area contributed by atoms with Gasteiger partial charge >= 0.3 is 0 Å². The third-order valence-corrected chi connectivity index (χ3v) is 6.27. The Labute approximate surface area is 122 Å². The molecule has 0 amide bonds. The van der Waals surface area contributed by atoms with Crippen LogP contribution >= 0.6 is 0 Å². The average Bonchev–Trinajstić information content (AvgIpc) is 2.46. The third-order valence-electron chi connectivity index (χ3n) is 3.07. The Kier molecular flexibility index (Phi) is 5.11. The fourth-order valence-electron chi connectivity index (χ4n) is 1.98. The smallest absolute Gasteiger partial charge is 0.246 e. The Morgan fingerprint density at radius 2 is 2.10 bits per heavy atom. The van der Waals surface area contributed by atoms with Crippen LogP contribution in [0.15, 0.2) is 23.2 Å². The summed E-state index contributed by atoms with van der Waals surface area (Å²) in [4.78, 5) is 4.31. The van der Waals surface area contributed by atoms with E-state index in [9.17, 15) is 12.6 Å². The van der Waals surface area contributed by atoms with Crippen LogP contribution in [0, 0.1) is 0 Å². The van der Waals surface area contributed by atoms with E-state index in [1.54, 1.807) is 18.3 Å². The number of pyridine rings is 1. The van der Waals surface area contributed by atoms with Gasteiger partial charge in [0.25, 0.3) is 0 Å². The topological polar surface area (TPSA) is 79.4 Å². The molecular weight excluding hydrogens is 298 g/mol. The van der Waals surface area contributed by atoms with Crippen molar-refractivity contribution < 1.29 is 12.6 Å². The van der Waals surface area contributed by atoms with Crippen LogP contribution in [0.3, 0.4) is 0 Å². The summed E-state index contributed by atoms with van der Waals surface area (Å²) >= 11 is 0. The molecule has 1 fully saturated rings. The summed E-state index contributed by atoms with van der Waals surface area (Å²) in [5.41, 5.74) is 0. The molecule has 0 bridgehead atoms. The van der Waals surface area contributed by atoms with E-state index in [2.05, 4.69) is 10.3 Å². The maximum atomic E-state index is 12.6. The Morgan fingerprint density at radius 1 is 1.40 bits per heavy atom. The zero-order chi connectivity index (χ0) is 14.6. The standard InChI is InChI=1S/C12H19N3O3S2/c1-2-5-13-12-11(4-3-6-14-12)20(17,18)15-7-9-19(16)10-8-15/h3-4,6H,2,5,7-10H2,1H3,(H,13,14). The van der Waals surface area contributed by atoms with Gasteiger partial charge in [0.2, 0.25) is 10.0 Å². The summed E-state index contributed by atoms with van der Waals surface area (Å²) in [6, 6.07) is 3.18. The fraction of sp³-hybridized carbons (Fsp3) is 0.583. The molecule has 1 aromatic rings. The zero-order valence-corrected chi connectivity index (χ0v) is 13.0. The SMILES string of the molecule is CCCNc1ncccc1S(=O)(=O)N1CCS(=O)CC1. The van der Waals surface area contributed by atoms with Gasteiger partial charge in [0.1, 0.15) is 10.7 Å². The number of hydrogen-bond acceptors (Lipinski definition) is 5. The van der Waals surface area contributed by atoms with Crippen molar-refractivity contribution in [3.05, 3.63) is 18.3 Å².